The molecule has 3 heteroatoms. The van der Waals surface area contributed by atoms with Gasteiger partial charge in [-0.3, -0.25) is 4.90 Å². The number of aliphatic hydroxyl groups is 1. The number of hydrogen-bond acceptors (Lipinski definition) is 3. The normalized spacial score (nSPS) is 17.8. The molecular formula is C12H19NOS. The van der Waals surface area contributed by atoms with Crippen molar-refractivity contribution < 1.29 is 5.11 Å². The summed E-state index contributed by atoms with van der Waals surface area (Å²) in [5.74, 6) is 0. The Hall–Kier alpha value is -0.380. The van der Waals surface area contributed by atoms with Crippen LogP contribution in [0.3, 0.4) is 0 Å². The van der Waals surface area contributed by atoms with Crippen molar-refractivity contribution in [3.63, 3.8) is 0 Å². The Balaban J connectivity index is 1.98. The molecule has 2 rings (SSSR count). The van der Waals surface area contributed by atoms with Crippen LogP contribution in [0, 0.1) is 5.41 Å². The minimum atomic E-state index is 0.0214. The molecule has 1 aliphatic heterocycles. The second-order valence-electron chi connectivity index (χ2n) is 5.15. The lowest BCUT2D eigenvalue weighted by molar-refractivity contribution is 0.0966. The van der Waals surface area contributed by atoms with Crippen molar-refractivity contribution in [2.75, 3.05) is 19.7 Å². The fourth-order valence-corrected chi connectivity index (χ4v) is 2.99. The quantitative estimate of drug-likeness (QED) is 0.852. The first-order valence-corrected chi connectivity index (χ1v) is 6.37. The zero-order valence-corrected chi connectivity index (χ0v) is 10.3. The number of aliphatic hydroxyl groups excluding tert-OH is 1. The smallest absolute Gasteiger partial charge is 0.0494 e. The highest BCUT2D eigenvalue weighted by Crippen LogP contribution is 2.26. The molecular weight excluding hydrogens is 206 g/mol. The summed E-state index contributed by atoms with van der Waals surface area (Å²) in [6, 6.07) is 2.23. The van der Waals surface area contributed by atoms with Crippen LogP contribution in [0.4, 0.5) is 0 Å². The highest BCUT2D eigenvalue weighted by atomic mass is 32.1. The summed E-state index contributed by atoms with van der Waals surface area (Å²) in [5, 5.41) is 11.4. The first-order chi connectivity index (χ1) is 7.11. The molecule has 84 valence electrons. The number of thiophene rings is 1. The Morgan fingerprint density at radius 1 is 1.53 bits per heavy atom. The Bertz CT molecular complexity index is 332. The maximum atomic E-state index is 9.26. The van der Waals surface area contributed by atoms with Gasteiger partial charge in [0.2, 0.25) is 0 Å². The molecule has 0 fully saturated rings. The molecule has 0 bridgehead atoms. The first-order valence-electron chi connectivity index (χ1n) is 5.49. The maximum Gasteiger partial charge on any atom is 0.0494 e. The fourth-order valence-electron chi connectivity index (χ4n) is 2.10. The SMILES string of the molecule is CC(C)(CO)CN1CCc2sccc2C1. The molecule has 2 heterocycles. The van der Waals surface area contributed by atoms with Gasteiger partial charge in [-0.2, -0.15) is 0 Å². The van der Waals surface area contributed by atoms with E-state index in [0.717, 1.165) is 19.6 Å². The van der Waals surface area contributed by atoms with Crippen molar-refractivity contribution in [3.05, 3.63) is 21.9 Å². The lowest BCUT2D eigenvalue weighted by Gasteiger charge is -2.33. The number of fused-ring (bicyclic) bond motifs is 1. The molecule has 0 aliphatic carbocycles. The topological polar surface area (TPSA) is 23.5 Å². The van der Waals surface area contributed by atoms with Crippen LogP contribution in [-0.2, 0) is 13.0 Å². The molecule has 0 amide bonds. The van der Waals surface area contributed by atoms with Gasteiger partial charge >= 0.3 is 0 Å². The summed E-state index contributed by atoms with van der Waals surface area (Å²) in [6.07, 6.45) is 1.18. The standard InChI is InChI=1S/C12H19NOS/c1-12(2,9-14)8-13-5-3-11-10(7-13)4-6-15-11/h4,6,14H,3,5,7-9H2,1-2H3. The first kappa shape index (κ1) is 11.1. The molecule has 0 radical (unpaired) electrons. The lowest BCUT2D eigenvalue weighted by Crippen LogP contribution is -2.39. The van der Waals surface area contributed by atoms with Gasteiger partial charge in [-0.1, -0.05) is 13.8 Å². The molecule has 0 saturated heterocycles. The predicted molar refractivity (Wildman–Crippen MR) is 64.2 cm³/mol. The predicted octanol–water partition coefficient (Wildman–Crippen LogP) is 2.12. The fraction of sp³-hybridized carbons (Fsp3) is 0.667. The van der Waals surface area contributed by atoms with Crippen LogP contribution in [0.2, 0.25) is 0 Å². The molecule has 1 aromatic heterocycles. The summed E-state index contributed by atoms with van der Waals surface area (Å²) in [7, 11) is 0. The van der Waals surface area contributed by atoms with E-state index in [0.29, 0.717) is 0 Å². The third kappa shape index (κ3) is 2.60. The average molecular weight is 225 g/mol. The van der Waals surface area contributed by atoms with E-state index in [1.54, 1.807) is 4.88 Å². The summed E-state index contributed by atoms with van der Waals surface area (Å²) < 4.78 is 0. The van der Waals surface area contributed by atoms with E-state index < -0.39 is 0 Å². The largest absolute Gasteiger partial charge is 0.396 e. The Morgan fingerprint density at radius 3 is 3.07 bits per heavy atom. The van der Waals surface area contributed by atoms with Crippen molar-refractivity contribution in [2.45, 2.75) is 26.8 Å². The van der Waals surface area contributed by atoms with E-state index in [1.807, 2.05) is 11.3 Å². The molecule has 1 aliphatic rings. The molecule has 1 aromatic rings. The van der Waals surface area contributed by atoms with E-state index >= 15 is 0 Å². The summed E-state index contributed by atoms with van der Waals surface area (Å²) >= 11 is 1.88. The zero-order valence-electron chi connectivity index (χ0n) is 9.49. The number of nitrogens with zero attached hydrogens (tertiary/aromatic N) is 1. The molecule has 2 nitrogen and oxygen atoms in total. The molecule has 0 atom stereocenters. The third-order valence-electron chi connectivity index (χ3n) is 2.97. The minimum Gasteiger partial charge on any atom is -0.396 e. The molecule has 0 aromatic carbocycles. The Kier molecular flexibility index (Phi) is 3.14. The van der Waals surface area contributed by atoms with Crippen LogP contribution in [0.15, 0.2) is 11.4 Å². The minimum absolute atomic E-state index is 0.0214. The van der Waals surface area contributed by atoms with Crippen LogP contribution in [0.1, 0.15) is 24.3 Å². The van der Waals surface area contributed by atoms with Gasteiger partial charge in [0.15, 0.2) is 0 Å². The van der Waals surface area contributed by atoms with Gasteiger partial charge in [-0.15, -0.1) is 11.3 Å². The van der Waals surface area contributed by atoms with Crippen LogP contribution in [0.25, 0.3) is 0 Å². The molecule has 0 saturated carbocycles. The van der Waals surface area contributed by atoms with Crippen molar-refractivity contribution in [1.29, 1.82) is 0 Å². The summed E-state index contributed by atoms with van der Waals surface area (Å²) in [5.41, 5.74) is 1.51. The van der Waals surface area contributed by atoms with Gasteiger partial charge in [0, 0.05) is 36.5 Å². The average Bonchev–Trinajstić information content (AvgIpc) is 2.64. The molecule has 1 N–H and O–H groups in total. The molecule has 0 unspecified atom stereocenters. The van der Waals surface area contributed by atoms with Crippen molar-refractivity contribution in [1.82, 2.24) is 4.90 Å². The highest BCUT2D eigenvalue weighted by molar-refractivity contribution is 7.10. The maximum absolute atomic E-state index is 9.26. The van der Waals surface area contributed by atoms with E-state index in [1.165, 1.54) is 12.0 Å². The second kappa shape index (κ2) is 4.24. The van der Waals surface area contributed by atoms with E-state index in [-0.39, 0.29) is 12.0 Å². The Labute approximate surface area is 95.5 Å². The van der Waals surface area contributed by atoms with Gasteiger partial charge in [0.1, 0.15) is 0 Å². The van der Waals surface area contributed by atoms with Crippen molar-refractivity contribution in [3.8, 4) is 0 Å². The van der Waals surface area contributed by atoms with Crippen LogP contribution in [0.5, 0.6) is 0 Å². The second-order valence-corrected chi connectivity index (χ2v) is 6.15. The van der Waals surface area contributed by atoms with Crippen molar-refractivity contribution in [2.24, 2.45) is 5.41 Å². The van der Waals surface area contributed by atoms with Gasteiger partial charge < -0.3 is 5.11 Å². The van der Waals surface area contributed by atoms with Crippen molar-refractivity contribution >= 4 is 11.3 Å². The molecule has 0 spiro atoms. The van der Waals surface area contributed by atoms with Crippen LogP contribution in [-0.4, -0.2) is 29.7 Å². The monoisotopic (exact) mass is 225 g/mol. The van der Waals surface area contributed by atoms with E-state index in [2.05, 4.69) is 30.2 Å². The van der Waals surface area contributed by atoms with Gasteiger partial charge in [-0.05, 0) is 23.4 Å². The number of rotatable bonds is 3. The summed E-state index contributed by atoms with van der Waals surface area (Å²) in [4.78, 5) is 4.00. The number of hydrogen-bond donors (Lipinski definition) is 1. The van der Waals surface area contributed by atoms with E-state index in [4.69, 9.17) is 0 Å². The zero-order chi connectivity index (χ0) is 10.9. The van der Waals surface area contributed by atoms with Gasteiger partial charge in [0.25, 0.3) is 0 Å². The van der Waals surface area contributed by atoms with Gasteiger partial charge in [0.05, 0.1) is 0 Å². The summed E-state index contributed by atoms with van der Waals surface area (Å²) in [6.45, 7) is 7.68. The third-order valence-corrected chi connectivity index (χ3v) is 3.99. The van der Waals surface area contributed by atoms with Crippen LogP contribution >= 0.6 is 11.3 Å². The Morgan fingerprint density at radius 2 is 2.33 bits per heavy atom. The van der Waals surface area contributed by atoms with Crippen LogP contribution < -0.4 is 0 Å². The molecule has 15 heavy (non-hydrogen) atoms. The van der Waals surface area contributed by atoms with E-state index in [9.17, 15) is 5.11 Å². The van der Waals surface area contributed by atoms with Gasteiger partial charge in [-0.25, -0.2) is 0 Å². The highest BCUT2D eigenvalue weighted by Gasteiger charge is 2.24. The lowest BCUT2D eigenvalue weighted by atomic mass is 9.93.